The molecule has 3 aliphatic heterocycles. The first-order valence-electron chi connectivity index (χ1n) is 14.6. The lowest BCUT2D eigenvalue weighted by Gasteiger charge is -2.56. The number of benzene rings is 3. The minimum atomic E-state index is -0.987. The lowest BCUT2D eigenvalue weighted by molar-refractivity contribution is -0.158. The minimum absolute atomic E-state index is 0.0257. The SMILES string of the molecule is COc1c(C)c(OCc2ccccc2)c2c(c1OC)[C@@H]1[C@@H]3Cc4c(O)c(C)c(OC)c(OC)c4[C@H](C=O)N3C(=O)[C@H](C2)N1C. The normalized spacial score (nSPS) is 22.0. The predicted molar refractivity (Wildman–Crippen MR) is 162 cm³/mol. The number of rotatable bonds is 8. The number of aromatic hydroxyl groups is 1. The van der Waals surface area contributed by atoms with E-state index in [1.165, 1.54) is 14.2 Å². The molecule has 3 heterocycles. The highest BCUT2D eigenvalue weighted by Gasteiger charge is 2.56. The fraction of sp³-hybridized carbons (Fsp3) is 0.412. The van der Waals surface area contributed by atoms with E-state index in [4.69, 9.17) is 23.7 Å². The number of likely N-dealkylation sites (N-methyl/N-ethyl adjacent to an activating group) is 1. The molecule has 3 aromatic rings. The van der Waals surface area contributed by atoms with Crippen LogP contribution in [0, 0.1) is 13.8 Å². The van der Waals surface area contributed by atoms with Crippen molar-refractivity contribution in [3.8, 4) is 34.5 Å². The van der Waals surface area contributed by atoms with Gasteiger partial charge in [-0.05, 0) is 32.9 Å². The molecule has 232 valence electrons. The highest BCUT2D eigenvalue weighted by Crippen LogP contribution is 2.58. The van der Waals surface area contributed by atoms with Gasteiger partial charge in [0.15, 0.2) is 23.0 Å². The Hall–Kier alpha value is -4.44. The highest BCUT2D eigenvalue weighted by molar-refractivity contribution is 5.90. The van der Waals surface area contributed by atoms with Crippen LogP contribution in [-0.2, 0) is 29.0 Å². The molecule has 1 saturated heterocycles. The first kappa shape index (κ1) is 29.6. The van der Waals surface area contributed by atoms with Crippen LogP contribution in [0.2, 0.25) is 0 Å². The maximum Gasteiger partial charge on any atom is 0.241 e. The van der Waals surface area contributed by atoms with Crippen molar-refractivity contribution < 1.29 is 38.4 Å². The Morgan fingerprint density at radius 3 is 2.07 bits per heavy atom. The molecule has 0 aliphatic carbocycles. The second-order valence-electron chi connectivity index (χ2n) is 11.5. The average molecular weight is 603 g/mol. The van der Waals surface area contributed by atoms with Crippen molar-refractivity contribution in [2.24, 2.45) is 0 Å². The number of hydrogen-bond acceptors (Lipinski definition) is 9. The standard InChI is InChI=1S/C34H38N2O8/c1-17-28(38)20-13-22-27-26-21(29(18(2)31(41-5)33(26)43-7)44-16-19-11-9-8-10-12-19)14-23(35(27)3)34(39)36(22)24(15-37)25(20)32(42-6)30(17)40-4/h8-12,15,22-24,27,38H,13-14,16H2,1-7H3/t22-,23-,24-,27-/m0/s1. The summed E-state index contributed by atoms with van der Waals surface area (Å²) in [5, 5.41) is 11.4. The number of carbonyl (C=O) groups excluding carboxylic acids is 2. The summed E-state index contributed by atoms with van der Waals surface area (Å²) in [6.07, 6.45) is 1.38. The zero-order valence-electron chi connectivity index (χ0n) is 26.1. The molecule has 0 unspecified atom stereocenters. The van der Waals surface area contributed by atoms with Crippen LogP contribution in [0.3, 0.4) is 0 Å². The van der Waals surface area contributed by atoms with E-state index in [1.807, 2.05) is 44.3 Å². The van der Waals surface area contributed by atoms with E-state index in [2.05, 4.69) is 4.90 Å². The van der Waals surface area contributed by atoms with Crippen LogP contribution < -0.4 is 23.7 Å². The number of fused-ring (bicyclic) bond motifs is 7. The summed E-state index contributed by atoms with van der Waals surface area (Å²) >= 11 is 0. The van der Waals surface area contributed by atoms with Gasteiger partial charge in [-0.2, -0.15) is 0 Å². The van der Waals surface area contributed by atoms with Crippen molar-refractivity contribution in [2.75, 3.05) is 35.5 Å². The molecule has 0 radical (unpaired) electrons. The van der Waals surface area contributed by atoms with Gasteiger partial charge in [-0.1, -0.05) is 30.3 Å². The van der Waals surface area contributed by atoms with Gasteiger partial charge in [-0.3, -0.25) is 9.69 Å². The third kappa shape index (κ3) is 4.11. The van der Waals surface area contributed by atoms with E-state index in [1.54, 1.807) is 26.0 Å². The maximum absolute atomic E-state index is 14.4. The molecule has 3 aliphatic rings. The smallest absolute Gasteiger partial charge is 0.241 e. The lowest BCUT2D eigenvalue weighted by atomic mass is 9.73. The van der Waals surface area contributed by atoms with Crippen LogP contribution in [0.4, 0.5) is 0 Å². The van der Waals surface area contributed by atoms with Crippen molar-refractivity contribution in [3.05, 3.63) is 69.3 Å². The first-order valence-corrected chi connectivity index (χ1v) is 14.6. The van der Waals surface area contributed by atoms with Crippen LogP contribution in [0.15, 0.2) is 30.3 Å². The van der Waals surface area contributed by atoms with Crippen molar-refractivity contribution in [3.63, 3.8) is 0 Å². The van der Waals surface area contributed by atoms with Gasteiger partial charge in [0.25, 0.3) is 0 Å². The van der Waals surface area contributed by atoms with Crippen molar-refractivity contribution in [1.29, 1.82) is 0 Å². The number of methoxy groups -OCH3 is 4. The Morgan fingerprint density at radius 2 is 1.45 bits per heavy atom. The predicted octanol–water partition coefficient (Wildman–Crippen LogP) is 4.23. The number of phenolic OH excluding ortho intramolecular Hbond substituents is 1. The molecule has 0 spiro atoms. The van der Waals surface area contributed by atoms with Crippen LogP contribution >= 0.6 is 0 Å². The molecule has 2 bridgehead atoms. The Kier molecular flexibility index (Phi) is 7.57. The van der Waals surface area contributed by atoms with E-state index in [9.17, 15) is 14.7 Å². The molecule has 1 amide bonds. The second kappa shape index (κ2) is 11.2. The Morgan fingerprint density at radius 1 is 0.841 bits per heavy atom. The average Bonchev–Trinajstić information content (AvgIpc) is 3.03. The van der Waals surface area contributed by atoms with Crippen molar-refractivity contribution in [1.82, 2.24) is 9.80 Å². The molecule has 3 aromatic carbocycles. The van der Waals surface area contributed by atoms with E-state index in [-0.39, 0.29) is 18.1 Å². The monoisotopic (exact) mass is 602 g/mol. The van der Waals surface area contributed by atoms with E-state index < -0.39 is 24.2 Å². The summed E-state index contributed by atoms with van der Waals surface area (Å²) in [6, 6.07) is 7.44. The number of phenols is 1. The van der Waals surface area contributed by atoms with Crippen molar-refractivity contribution >= 4 is 12.2 Å². The van der Waals surface area contributed by atoms with E-state index in [0.717, 1.165) is 28.5 Å². The summed E-state index contributed by atoms with van der Waals surface area (Å²) in [5.41, 5.74) is 5.06. The molecule has 6 rings (SSSR count). The second-order valence-corrected chi connectivity index (χ2v) is 11.5. The number of carbonyl (C=O) groups is 2. The number of piperazine rings is 1. The Labute approximate surface area is 257 Å². The number of ether oxygens (including phenoxy) is 5. The number of amides is 1. The molecule has 44 heavy (non-hydrogen) atoms. The summed E-state index contributed by atoms with van der Waals surface area (Å²) < 4.78 is 29.8. The summed E-state index contributed by atoms with van der Waals surface area (Å²) in [4.78, 5) is 31.1. The van der Waals surface area contributed by atoms with Crippen LogP contribution in [0.1, 0.15) is 51.0 Å². The first-order chi connectivity index (χ1) is 21.2. The van der Waals surface area contributed by atoms with Gasteiger partial charge in [-0.15, -0.1) is 0 Å². The van der Waals surface area contributed by atoms with E-state index in [0.29, 0.717) is 58.5 Å². The fourth-order valence-corrected chi connectivity index (χ4v) is 7.61. The number of hydrogen-bond donors (Lipinski definition) is 1. The lowest BCUT2D eigenvalue weighted by Crippen LogP contribution is -2.66. The maximum atomic E-state index is 14.4. The van der Waals surface area contributed by atoms with Gasteiger partial charge in [0.1, 0.15) is 30.4 Å². The molecular formula is C34H38N2O8. The van der Waals surface area contributed by atoms with Crippen molar-refractivity contribution in [2.45, 2.75) is 57.5 Å². The molecule has 4 atom stereocenters. The summed E-state index contributed by atoms with van der Waals surface area (Å²) in [5.74, 6) is 2.32. The molecule has 0 saturated carbocycles. The number of aldehydes is 1. The highest BCUT2D eigenvalue weighted by atomic mass is 16.5. The van der Waals surface area contributed by atoms with Crippen LogP contribution in [0.25, 0.3) is 0 Å². The fourth-order valence-electron chi connectivity index (χ4n) is 7.61. The largest absolute Gasteiger partial charge is 0.507 e. The quantitative estimate of drug-likeness (QED) is 0.379. The van der Waals surface area contributed by atoms with Crippen LogP contribution in [0.5, 0.6) is 34.5 Å². The number of nitrogens with zero attached hydrogens (tertiary/aromatic N) is 2. The minimum Gasteiger partial charge on any atom is -0.507 e. The van der Waals surface area contributed by atoms with Gasteiger partial charge < -0.3 is 38.5 Å². The summed E-state index contributed by atoms with van der Waals surface area (Å²) in [7, 11) is 8.12. The molecular weight excluding hydrogens is 564 g/mol. The third-order valence-corrected chi connectivity index (χ3v) is 9.55. The Balaban J connectivity index is 1.57. The van der Waals surface area contributed by atoms with Crippen LogP contribution in [-0.4, -0.2) is 74.7 Å². The zero-order chi connectivity index (χ0) is 31.4. The summed E-state index contributed by atoms with van der Waals surface area (Å²) in [6.45, 7) is 4.02. The van der Waals surface area contributed by atoms with Gasteiger partial charge in [-0.25, -0.2) is 0 Å². The topological polar surface area (TPSA) is 107 Å². The zero-order valence-corrected chi connectivity index (χ0v) is 26.1. The molecule has 0 aromatic heterocycles. The van der Waals surface area contributed by atoms with E-state index >= 15 is 0 Å². The molecule has 1 fully saturated rings. The molecule has 10 heteroatoms. The Bertz CT molecular complexity index is 1640. The van der Waals surface area contributed by atoms with Gasteiger partial charge in [0, 0.05) is 39.8 Å². The molecule has 1 N–H and O–H groups in total. The van der Waals surface area contributed by atoms with Gasteiger partial charge in [0.05, 0.1) is 46.6 Å². The third-order valence-electron chi connectivity index (χ3n) is 9.55. The van der Waals surface area contributed by atoms with Gasteiger partial charge >= 0.3 is 0 Å². The van der Waals surface area contributed by atoms with Gasteiger partial charge in [0.2, 0.25) is 5.91 Å². The molecule has 10 nitrogen and oxygen atoms in total.